The van der Waals surface area contributed by atoms with Gasteiger partial charge in [-0.3, -0.25) is 13.9 Å². The maximum atomic E-state index is 10.9. The summed E-state index contributed by atoms with van der Waals surface area (Å²) in [6, 6.07) is -0.732. The SMILES string of the molecule is C=CC(=O)N[C@@H]1CS(O)(O)C[C@@H]1N. The van der Waals surface area contributed by atoms with E-state index in [-0.39, 0.29) is 29.5 Å². The normalized spacial score (nSPS) is 33.8. The summed E-state index contributed by atoms with van der Waals surface area (Å²) in [5.41, 5.74) is 5.61. The van der Waals surface area contributed by atoms with Gasteiger partial charge in [-0.1, -0.05) is 6.58 Å². The molecule has 1 amide bonds. The lowest BCUT2D eigenvalue weighted by Crippen LogP contribution is -2.46. The second kappa shape index (κ2) is 3.67. The van der Waals surface area contributed by atoms with Crippen LogP contribution in [0.5, 0.6) is 0 Å². The lowest BCUT2D eigenvalue weighted by molar-refractivity contribution is -0.117. The Kier molecular flexibility index (Phi) is 2.97. The van der Waals surface area contributed by atoms with Crippen molar-refractivity contribution in [1.82, 2.24) is 5.32 Å². The van der Waals surface area contributed by atoms with Crippen LogP contribution in [0.4, 0.5) is 0 Å². The number of rotatable bonds is 2. The third-order valence-corrected chi connectivity index (χ3v) is 3.75. The number of nitrogens with one attached hydrogen (secondary N) is 1. The molecule has 0 aromatic rings. The lowest BCUT2D eigenvalue weighted by Gasteiger charge is -2.25. The fraction of sp³-hybridized carbons (Fsp3) is 0.571. The van der Waals surface area contributed by atoms with Crippen LogP contribution in [0.25, 0.3) is 0 Å². The minimum atomic E-state index is -2.57. The van der Waals surface area contributed by atoms with Gasteiger partial charge in [0.25, 0.3) is 0 Å². The Morgan fingerprint density at radius 3 is 2.62 bits per heavy atom. The van der Waals surface area contributed by atoms with E-state index in [2.05, 4.69) is 11.9 Å². The Balaban J connectivity index is 2.53. The molecule has 0 saturated carbocycles. The van der Waals surface area contributed by atoms with E-state index in [0.717, 1.165) is 6.08 Å². The van der Waals surface area contributed by atoms with Crippen LogP contribution in [0.3, 0.4) is 0 Å². The number of amides is 1. The molecule has 0 unspecified atom stereocenters. The van der Waals surface area contributed by atoms with Crippen LogP contribution in [-0.4, -0.2) is 38.6 Å². The van der Waals surface area contributed by atoms with Gasteiger partial charge in [-0.05, 0) is 6.08 Å². The summed E-state index contributed by atoms with van der Waals surface area (Å²) in [6.45, 7) is 3.29. The summed E-state index contributed by atoms with van der Waals surface area (Å²) in [6.07, 6.45) is 1.14. The van der Waals surface area contributed by atoms with Crippen molar-refractivity contribution in [3.05, 3.63) is 12.7 Å². The molecule has 1 saturated heterocycles. The van der Waals surface area contributed by atoms with E-state index in [0.29, 0.717) is 0 Å². The van der Waals surface area contributed by atoms with Crippen molar-refractivity contribution in [1.29, 1.82) is 0 Å². The molecule has 76 valence electrons. The van der Waals surface area contributed by atoms with Crippen molar-refractivity contribution in [3.63, 3.8) is 0 Å². The standard InChI is InChI=1S/C7H14N2O3S/c1-2-7(10)9-6-4-13(11,12)3-5(6)8/h2,5-6,11-12H,1,3-4,8H2,(H,9,10)/t5-,6+/m0/s1. The van der Waals surface area contributed by atoms with Gasteiger partial charge in [-0.15, -0.1) is 0 Å². The summed E-state index contributed by atoms with van der Waals surface area (Å²) >= 11 is 0. The van der Waals surface area contributed by atoms with Gasteiger partial charge in [-0.25, -0.2) is 0 Å². The van der Waals surface area contributed by atoms with Crippen molar-refractivity contribution >= 4 is 16.5 Å². The third kappa shape index (κ3) is 2.70. The first-order chi connectivity index (χ1) is 5.94. The predicted molar refractivity (Wildman–Crippen MR) is 52.7 cm³/mol. The Bertz CT molecular complexity index is 232. The summed E-state index contributed by atoms with van der Waals surface area (Å²) in [7, 11) is -2.57. The van der Waals surface area contributed by atoms with Crippen LogP contribution >= 0.6 is 10.6 Å². The first-order valence-electron chi connectivity index (χ1n) is 3.87. The number of nitrogens with two attached hydrogens (primary N) is 1. The maximum Gasteiger partial charge on any atom is 0.243 e. The summed E-state index contributed by atoms with van der Waals surface area (Å²) in [4.78, 5) is 10.9. The molecule has 1 heterocycles. The molecule has 0 aliphatic carbocycles. The lowest BCUT2D eigenvalue weighted by atomic mass is 10.2. The predicted octanol–water partition coefficient (Wildman–Crippen LogP) is -0.251. The number of hydrogen-bond donors (Lipinski definition) is 4. The van der Waals surface area contributed by atoms with Gasteiger partial charge in [0.2, 0.25) is 5.91 Å². The van der Waals surface area contributed by atoms with E-state index >= 15 is 0 Å². The van der Waals surface area contributed by atoms with Gasteiger partial charge in [0.15, 0.2) is 0 Å². The summed E-state index contributed by atoms with van der Waals surface area (Å²) in [5.74, 6) is -0.0272. The zero-order valence-electron chi connectivity index (χ0n) is 7.14. The minimum absolute atomic E-state index is 0.147. The van der Waals surface area contributed by atoms with Gasteiger partial charge in [-0.2, -0.15) is 10.6 Å². The summed E-state index contributed by atoms with van der Waals surface area (Å²) in [5, 5.41) is 2.55. The highest BCUT2D eigenvalue weighted by molar-refractivity contribution is 8.24. The highest BCUT2D eigenvalue weighted by Gasteiger charge is 2.35. The third-order valence-electron chi connectivity index (χ3n) is 1.94. The Morgan fingerprint density at radius 1 is 1.62 bits per heavy atom. The van der Waals surface area contributed by atoms with E-state index in [9.17, 15) is 13.9 Å². The minimum Gasteiger partial charge on any atom is -0.347 e. The molecular formula is C7H14N2O3S. The Morgan fingerprint density at radius 2 is 2.23 bits per heavy atom. The van der Waals surface area contributed by atoms with E-state index in [1.807, 2.05) is 0 Å². The van der Waals surface area contributed by atoms with Crippen molar-refractivity contribution in [2.24, 2.45) is 5.73 Å². The molecule has 0 aromatic carbocycles. The van der Waals surface area contributed by atoms with Crippen LogP contribution < -0.4 is 11.1 Å². The molecule has 1 rings (SSSR count). The fourth-order valence-electron chi connectivity index (χ4n) is 1.29. The van der Waals surface area contributed by atoms with Crippen LogP contribution in [0.1, 0.15) is 0 Å². The van der Waals surface area contributed by atoms with Crippen LogP contribution in [0.15, 0.2) is 12.7 Å². The van der Waals surface area contributed by atoms with E-state index in [4.69, 9.17) is 5.73 Å². The Hall–Kier alpha value is -0.560. The van der Waals surface area contributed by atoms with E-state index in [1.165, 1.54) is 0 Å². The highest BCUT2D eigenvalue weighted by Crippen LogP contribution is 2.45. The zero-order chi connectivity index (χ0) is 10.1. The molecule has 1 aliphatic rings. The molecule has 6 heteroatoms. The van der Waals surface area contributed by atoms with Crippen LogP contribution in [-0.2, 0) is 4.79 Å². The molecular weight excluding hydrogens is 192 g/mol. The van der Waals surface area contributed by atoms with Gasteiger partial charge in [0.1, 0.15) is 0 Å². The average molecular weight is 206 g/mol. The second-order valence-electron chi connectivity index (χ2n) is 3.12. The van der Waals surface area contributed by atoms with Gasteiger partial charge < -0.3 is 11.1 Å². The first-order valence-corrected chi connectivity index (χ1v) is 5.75. The molecule has 0 bridgehead atoms. The van der Waals surface area contributed by atoms with Crippen LogP contribution in [0, 0.1) is 0 Å². The van der Waals surface area contributed by atoms with Gasteiger partial charge in [0, 0.05) is 6.04 Å². The molecule has 5 N–H and O–H groups in total. The molecule has 1 aliphatic heterocycles. The average Bonchev–Trinajstić information content (AvgIpc) is 2.24. The molecule has 0 radical (unpaired) electrons. The van der Waals surface area contributed by atoms with E-state index in [1.54, 1.807) is 0 Å². The maximum absolute atomic E-state index is 10.9. The molecule has 1 fully saturated rings. The second-order valence-corrected chi connectivity index (χ2v) is 5.39. The van der Waals surface area contributed by atoms with Gasteiger partial charge >= 0.3 is 0 Å². The highest BCUT2D eigenvalue weighted by atomic mass is 32.3. The fourth-order valence-corrected chi connectivity index (χ4v) is 3.18. The summed E-state index contributed by atoms with van der Waals surface area (Å²) < 4.78 is 18.6. The Labute approximate surface area is 78.4 Å². The van der Waals surface area contributed by atoms with Crippen molar-refractivity contribution in [2.45, 2.75) is 12.1 Å². The molecule has 2 atom stereocenters. The van der Waals surface area contributed by atoms with E-state index < -0.39 is 10.6 Å². The number of carbonyl (C=O) groups is 1. The number of carbonyl (C=O) groups excluding carboxylic acids is 1. The van der Waals surface area contributed by atoms with Crippen LogP contribution in [0.2, 0.25) is 0 Å². The molecule has 0 spiro atoms. The molecule has 13 heavy (non-hydrogen) atoms. The zero-order valence-corrected chi connectivity index (χ0v) is 7.96. The largest absolute Gasteiger partial charge is 0.347 e. The monoisotopic (exact) mass is 206 g/mol. The van der Waals surface area contributed by atoms with Crippen molar-refractivity contribution < 1.29 is 13.9 Å². The van der Waals surface area contributed by atoms with Gasteiger partial charge in [0.05, 0.1) is 17.5 Å². The molecule has 0 aromatic heterocycles. The van der Waals surface area contributed by atoms with Crippen molar-refractivity contribution in [3.8, 4) is 0 Å². The smallest absolute Gasteiger partial charge is 0.243 e. The molecule has 5 nitrogen and oxygen atoms in total. The topological polar surface area (TPSA) is 95.6 Å². The first kappa shape index (κ1) is 10.5. The quantitative estimate of drug-likeness (QED) is 0.468. The number of hydrogen-bond acceptors (Lipinski definition) is 4. The van der Waals surface area contributed by atoms with Crippen molar-refractivity contribution in [2.75, 3.05) is 11.5 Å².